The number of nitrogens with zero attached hydrogens (tertiary/aromatic N) is 1. The number of anilines is 1. The van der Waals surface area contributed by atoms with E-state index in [1.807, 2.05) is 0 Å². The number of halogens is 1. The number of carboxylic acid groups (broad SMARTS) is 1. The number of methoxy groups -OCH3 is 1. The summed E-state index contributed by atoms with van der Waals surface area (Å²) in [6, 6.07) is 9.61. The van der Waals surface area contributed by atoms with E-state index in [4.69, 9.17) is 9.84 Å². The van der Waals surface area contributed by atoms with E-state index < -0.39 is 5.97 Å². The summed E-state index contributed by atoms with van der Waals surface area (Å²) in [7, 11) is 1.46. The first-order chi connectivity index (χ1) is 10.5. The van der Waals surface area contributed by atoms with Crippen molar-refractivity contribution in [2.45, 2.75) is 0 Å². The largest absolute Gasteiger partial charge is 0.503 e. The summed E-state index contributed by atoms with van der Waals surface area (Å²) in [6.07, 6.45) is 1.53. The average Bonchev–Trinajstić information content (AvgIpc) is 2.51. The molecule has 0 aliphatic rings. The van der Waals surface area contributed by atoms with Gasteiger partial charge >= 0.3 is 5.97 Å². The van der Waals surface area contributed by atoms with Crippen molar-refractivity contribution < 1.29 is 19.7 Å². The van der Waals surface area contributed by atoms with Crippen molar-refractivity contribution in [1.82, 2.24) is 0 Å². The summed E-state index contributed by atoms with van der Waals surface area (Å²) in [5.74, 6) is -0.662. The fraction of sp³-hybridized carbons (Fsp3) is 0.0667. The van der Waals surface area contributed by atoms with Crippen molar-refractivity contribution in [3.63, 3.8) is 0 Å². The van der Waals surface area contributed by atoms with Crippen LogP contribution in [0.5, 0.6) is 11.5 Å². The number of hydrogen-bond donors (Lipinski definition) is 3. The Balaban J connectivity index is 2.14. The van der Waals surface area contributed by atoms with Crippen molar-refractivity contribution in [2.75, 3.05) is 12.5 Å². The number of phenolic OH excluding ortho intramolecular Hbond substituents is 1. The lowest BCUT2D eigenvalue weighted by atomic mass is 10.2. The van der Waals surface area contributed by atoms with Crippen LogP contribution in [0, 0.1) is 0 Å². The second-order valence-corrected chi connectivity index (χ2v) is 5.16. The predicted molar refractivity (Wildman–Crippen MR) is 87.0 cm³/mol. The van der Waals surface area contributed by atoms with Crippen LogP contribution in [0.25, 0.3) is 0 Å². The number of aromatic hydroxyl groups is 1. The molecular weight excluding hydrogens is 352 g/mol. The molecule has 0 unspecified atom stereocenters. The van der Waals surface area contributed by atoms with Crippen LogP contribution >= 0.6 is 15.9 Å². The van der Waals surface area contributed by atoms with Gasteiger partial charge in [-0.15, -0.1) is 0 Å². The number of ether oxygens (including phenoxy) is 1. The van der Waals surface area contributed by atoms with E-state index in [2.05, 4.69) is 26.5 Å². The summed E-state index contributed by atoms with van der Waals surface area (Å²) >= 11 is 3.22. The highest BCUT2D eigenvalue weighted by atomic mass is 79.9. The van der Waals surface area contributed by atoms with Crippen LogP contribution in [0.1, 0.15) is 15.9 Å². The average molecular weight is 365 g/mol. The minimum atomic E-state index is -1.00. The molecule has 114 valence electrons. The first kappa shape index (κ1) is 15.8. The third kappa shape index (κ3) is 3.76. The van der Waals surface area contributed by atoms with Crippen LogP contribution in [-0.2, 0) is 0 Å². The van der Waals surface area contributed by atoms with Gasteiger partial charge in [0.15, 0.2) is 11.5 Å². The number of carbonyl (C=O) groups is 1. The molecule has 0 amide bonds. The van der Waals surface area contributed by atoms with Crippen LogP contribution in [0.2, 0.25) is 0 Å². The molecule has 0 saturated heterocycles. The molecule has 0 radical (unpaired) electrons. The number of aromatic carboxylic acids is 1. The summed E-state index contributed by atoms with van der Waals surface area (Å²) in [5, 5.41) is 22.7. The van der Waals surface area contributed by atoms with Gasteiger partial charge in [-0.25, -0.2) is 4.79 Å². The predicted octanol–water partition coefficient (Wildman–Crippen LogP) is 3.31. The van der Waals surface area contributed by atoms with Gasteiger partial charge in [0.25, 0.3) is 0 Å². The normalized spacial score (nSPS) is 10.6. The molecule has 0 fully saturated rings. The monoisotopic (exact) mass is 364 g/mol. The second-order valence-electron chi connectivity index (χ2n) is 4.31. The third-order valence-electron chi connectivity index (χ3n) is 2.79. The van der Waals surface area contributed by atoms with E-state index in [9.17, 15) is 9.90 Å². The molecule has 0 heterocycles. The minimum absolute atomic E-state index is 0.0155. The van der Waals surface area contributed by atoms with Crippen molar-refractivity contribution in [1.29, 1.82) is 0 Å². The molecule has 0 spiro atoms. The molecule has 3 N–H and O–H groups in total. The molecule has 0 aromatic heterocycles. The highest BCUT2D eigenvalue weighted by molar-refractivity contribution is 9.10. The summed E-state index contributed by atoms with van der Waals surface area (Å²) < 4.78 is 5.53. The molecule has 2 aromatic rings. The third-order valence-corrected chi connectivity index (χ3v) is 3.39. The van der Waals surface area contributed by atoms with Gasteiger partial charge in [-0.3, -0.25) is 5.43 Å². The number of hydrogen-bond acceptors (Lipinski definition) is 5. The topological polar surface area (TPSA) is 91.2 Å². The maximum atomic E-state index is 10.9. The van der Waals surface area contributed by atoms with Crippen LogP contribution in [0.4, 0.5) is 5.69 Å². The van der Waals surface area contributed by atoms with E-state index >= 15 is 0 Å². The fourth-order valence-electron chi connectivity index (χ4n) is 1.73. The lowest BCUT2D eigenvalue weighted by Gasteiger charge is -2.06. The second kappa shape index (κ2) is 6.95. The number of hydrazone groups is 1. The molecule has 0 aliphatic heterocycles. The van der Waals surface area contributed by atoms with Gasteiger partial charge in [0.1, 0.15) is 0 Å². The van der Waals surface area contributed by atoms with E-state index in [-0.39, 0.29) is 11.3 Å². The highest BCUT2D eigenvalue weighted by Crippen LogP contribution is 2.34. The number of rotatable bonds is 5. The maximum Gasteiger partial charge on any atom is 0.335 e. The Hall–Kier alpha value is -2.54. The van der Waals surface area contributed by atoms with E-state index in [1.54, 1.807) is 24.3 Å². The molecule has 0 atom stereocenters. The Morgan fingerprint density at radius 3 is 2.82 bits per heavy atom. The molecule has 2 aromatic carbocycles. The smallest absolute Gasteiger partial charge is 0.335 e. The lowest BCUT2D eigenvalue weighted by molar-refractivity contribution is 0.0697. The van der Waals surface area contributed by atoms with Gasteiger partial charge in [-0.2, -0.15) is 5.10 Å². The van der Waals surface area contributed by atoms with E-state index in [1.165, 1.54) is 25.5 Å². The standard InChI is InChI=1S/C15H13BrN2O4/c1-22-13-6-9(5-12(16)14(13)19)8-17-18-11-4-2-3-10(7-11)15(20)21/h2-8,18-19H,1H3,(H,20,21)/b17-8+. The van der Waals surface area contributed by atoms with Crippen LogP contribution in [-0.4, -0.2) is 29.5 Å². The van der Waals surface area contributed by atoms with Crippen molar-refractivity contribution in [2.24, 2.45) is 5.10 Å². The molecule has 2 rings (SSSR count). The number of phenols is 1. The SMILES string of the molecule is COc1cc(/C=N/Nc2cccc(C(=O)O)c2)cc(Br)c1O. The van der Waals surface area contributed by atoms with Crippen LogP contribution in [0.3, 0.4) is 0 Å². The zero-order valence-corrected chi connectivity index (χ0v) is 13.2. The fourth-order valence-corrected chi connectivity index (χ4v) is 2.19. The van der Waals surface area contributed by atoms with Crippen LogP contribution < -0.4 is 10.2 Å². The van der Waals surface area contributed by atoms with Crippen molar-refractivity contribution >= 4 is 33.8 Å². The first-order valence-corrected chi connectivity index (χ1v) is 6.99. The Morgan fingerprint density at radius 2 is 2.14 bits per heavy atom. The molecule has 7 heteroatoms. The minimum Gasteiger partial charge on any atom is -0.503 e. The van der Waals surface area contributed by atoms with Crippen molar-refractivity contribution in [3.8, 4) is 11.5 Å². The zero-order chi connectivity index (χ0) is 16.1. The van der Waals surface area contributed by atoms with Gasteiger partial charge in [0, 0.05) is 0 Å². The van der Waals surface area contributed by atoms with Gasteiger partial charge in [-0.1, -0.05) is 6.07 Å². The molecular formula is C15H13BrN2O4. The molecule has 0 bridgehead atoms. The Morgan fingerprint density at radius 1 is 1.36 bits per heavy atom. The quantitative estimate of drug-likeness (QED) is 0.559. The number of carboxylic acids is 1. The number of nitrogens with one attached hydrogen (secondary N) is 1. The van der Waals surface area contributed by atoms with E-state index in [0.717, 1.165) is 0 Å². The summed E-state index contributed by atoms with van der Waals surface area (Å²) in [5.41, 5.74) is 4.18. The summed E-state index contributed by atoms with van der Waals surface area (Å²) in [4.78, 5) is 10.9. The van der Waals surface area contributed by atoms with Gasteiger partial charge < -0.3 is 14.9 Å². The molecule has 6 nitrogen and oxygen atoms in total. The first-order valence-electron chi connectivity index (χ1n) is 6.20. The Kier molecular flexibility index (Phi) is 5.00. The zero-order valence-electron chi connectivity index (χ0n) is 11.6. The van der Waals surface area contributed by atoms with Gasteiger partial charge in [-0.05, 0) is 51.8 Å². The van der Waals surface area contributed by atoms with Crippen LogP contribution in [0.15, 0.2) is 46.0 Å². The Labute approximate surface area is 135 Å². The lowest BCUT2D eigenvalue weighted by Crippen LogP contribution is -1.97. The Bertz CT molecular complexity index is 731. The maximum absolute atomic E-state index is 10.9. The summed E-state index contributed by atoms with van der Waals surface area (Å²) in [6.45, 7) is 0. The number of benzene rings is 2. The molecule has 0 saturated carbocycles. The molecule has 0 aliphatic carbocycles. The van der Waals surface area contributed by atoms with Gasteiger partial charge in [0.05, 0.1) is 29.0 Å². The van der Waals surface area contributed by atoms with Gasteiger partial charge in [0.2, 0.25) is 0 Å². The highest BCUT2D eigenvalue weighted by Gasteiger charge is 2.07. The van der Waals surface area contributed by atoms with Crippen molar-refractivity contribution in [3.05, 3.63) is 52.0 Å². The molecule has 22 heavy (non-hydrogen) atoms. The van der Waals surface area contributed by atoms with E-state index in [0.29, 0.717) is 21.5 Å².